The number of carbonyl (C=O) groups excluding carboxylic acids is 3. The molecule has 0 atom stereocenters. The molecule has 0 radical (unpaired) electrons. The third kappa shape index (κ3) is 3.13. The van der Waals surface area contributed by atoms with Crippen molar-refractivity contribution in [2.75, 3.05) is 0 Å². The maximum absolute atomic E-state index is 12.7. The lowest BCUT2D eigenvalue weighted by molar-refractivity contribution is -0.118. The van der Waals surface area contributed by atoms with Crippen molar-refractivity contribution in [1.82, 2.24) is 5.48 Å². The van der Waals surface area contributed by atoms with E-state index in [0.717, 1.165) is 12.8 Å². The molecule has 0 aliphatic heterocycles. The normalized spacial score (nSPS) is 14.8. The first-order valence-electron chi connectivity index (χ1n) is 7.32. The first kappa shape index (κ1) is 17.9. The van der Waals surface area contributed by atoms with Crippen LogP contribution in [-0.4, -0.2) is 22.7 Å². The number of Topliss-reactive ketones (excluding diaryl/α,β-unsaturated/α-hetero) is 2. The van der Waals surface area contributed by atoms with Crippen molar-refractivity contribution in [3.05, 3.63) is 32.3 Å². The number of hydrogen-bond donors (Lipinski definition) is 2. The van der Waals surface area contributed by atoms with Gasteiger partial charge in [-0.15, -0.1) is 0 Å². The van der Waals surface area contributed by atoms with Crippen molar-refractivity contribution >= 4 is 40.7 Å². The van der Waals surface area contributed by atoms with Crippen LogP contribution < -0.4 is 5.48 Å². The van der Waals surface area contributed by atoms with E-state index in [2.05, 4.69) is 0 Å². The van der Waals surface area contributed by atoms with Crippen LogP contribution in [0.3, 0.4) is 0 Å². The molecule has 5 nitrogen and oxygen atoms in total. The summed E-state index contributed by atoms with van der Waals surface area (Å²) in [6.45, 7) is 3.30. The van der Waals surface area contributed by atoms with Crippen LogP contribution in [0, 0.1) is 19.8 Å². The Labute approximate surface area is 143 Å². The summed E-state index contributed by atoms with van der Waals surface area (Å²) in [5.41, 5.74) is 1.99. The van der Waals surface area contributed by atoms with E-state index in [1.807, 2.05) is 0 Å². The van der Waals surface area contributed by atoms with E-state index in [1.54, 1.807) is 13.8 Å². The number of hydrogen-bond acceptors (Lipinski definition) is 4. The lowest BCUT2D eigenvalue weighted by atomic mass is 9.90. The highest BCUT2D eigenvalue weighted by Crippen LogP contribution is 2.36. The van der Waals surface area contributed by atoms with Gasteiger partial charge in [-0.2, -0.15) is 0 Å². The molecule has 124 valence electrons. The van der Waals surface area contributed by atoms with E-state index < -0.39 is 17.5 Å². The van der Waals surface area contributed by atoms with Crippen molar-refractivity contribution < 1.29 is 19.6 Å². The quantitative estimate of drug-likeness (QED) is 0.372. The maximum atomic E-state index is 12.7. The van der Waals surface area contributed by atoms with Gasteiger partial charge in [0, 0.05) is 5.92 Å². The fraction of sp³-hybridized carbons (Fsp3) is 0.438. The summed E-state index contributed by atoms with van der Waals surface area (Å²) in [5, 5.41) is 8.94. The van der Waals surface area contributed by atoms with Gasteiger partial charge in [0.1, 0.15) is 0 Å². The van der Waals surface area contributed by atoms with Crippen molar-refractivity contribution in [2.45, 2.75) is 39.5 Å². The minimum atomic E-state index is -0.970. The molecular formula is C16H17Cl2NO4. The molecule has 2 N–H and O–H groups in total. The van der Waals surface area contributed by atoms with Gasteiger partial charge in [-0.05, 0) is 37.8 Å². The van der Waals surface area contributed by atoms with Crippen LogP contribution in [0.25, 0.3) is 0 Å². The van der Waals surface area contributed by atoms with E-state index in [9.17, 15) is 14.4 Å². The van der Waals surface area contributed by atoms with Crippen molar-refractivity contribution in [2.24, 2.45) is 5.92 Å². The number of nitrogens with one attached hydrogen (secondary N) is 1. The third-order valence-electron chi connectivity index (χ3n) is 4.42. The summed E-state index contributed by atoms with van der Waals surface area (Å²) < 4.78 is 0. The van der Waals surface area contributed by atoms with E-state index in [1.165, 1.54) is 5.48 Å². The molecule has 2 rings (SSSR count). The van der Waals surface area contributed by atoms with Crippen molar-refractivity contribution in [1.29, 1.82) is 0 Å². The molecule has 0 saturated heterocycles. The number of benzene rings is 1. The first-order chi connectivity index (χ1) is 10.8. The number of ketones is 2. The second-order valence-corrected chi connectivity index (χ2v) is 6.50. The fourth-order valence-corrected chi connectivity index (χ4v) is 3.55. The smallest absolute Gasteiger partial charge is 0.276 e. The Kier molecular flexibility index (Phi) is 5.45. The minimum Gasteiger partial charge on any atom is -0.290 e. The Bertz CT molecular complexity index is 694. The van der Waals surface area contributed by atoms with E-state index in [0.29, 0.717) is 24.0 Å². The molecule has 0 spiro atoms. The zero-order valence-electron chi connectivity index (χ0n) is 12.8. The molecule has 23 heavy (non-hydrogen) atoms. The highest BCUT2D eigenvalue weighted by atomic mass is 35.5. The van der Waals surface area contributed by atoms with Gasteiger partial charge >= 0.3 is 0 Å². The third-order valence-corrected chi connectivity index (χ3v) is 5.36. The fourth-order valence-electron chi connectivity index (χ4n) is 2.90. The maximum Gasteiger partial charge on any atom is 0.276 e. The van der Waals surface area contributed by atoms with E-state index >= 15 is 0 Å². The predicted molar refractivity (Wildman–Crippen MR) is 86.5 cm³/mol. The predicted octanol–water partition coefficient (Wildman–Crippen LogP) is 3.67. The number of carbonyl (C=O) groups is 3. The molecule has 1 fully saturated rings. The van der Waals surface area contributed by atoms with Gasteiger partial charge in [-0.3, -0.25) is 19.6 Å². The summed E-state index contributed by atoms with van der Waals surface area (Å²) in [7, 11) is 0. The molecule has 7 heteroatoms. The number of amides is 1. The standard InChI is InChI=1S/C16H17Cl2NO4/c1-7-8(2)13(18)11(16(22)19-23)10(12(7)17)15(21)14(20)9-5-3-4-6-9/h9,23H,3-6H2,1-2H3,(H,19,22). The lowest BCUT2D eigenvalue weighted by Crippen LogP contribution is -2.28. The van der Waals surface area contributed by atoms with Gasteiger partial charge in [0.15, 0.2) is 0 Å². The van der Waals surface area contributed by atoms with Crippen LogP contribution >= 0.6 is 23.2 Å². The Morgan fingerprint density at radius 1 is 1.00 bits per heavy atom. The zero-order chi connectivity index (χ0) is 17.3. The van der Waals surface area contributed by atoms with Gasteiger partial charge < -0.3 is 0 Å². The van der Waals surface area contributed by atoms with Crippen LogP contribution in [0.2, 0.25) is 10.0 Å². The number of rotatable bonds is 4. The topological polar surface area (TPSA) is 83.5 Å². The minimum absolute atomic E-state index is 0.000946. The highest BCUT2D eigenvalue weighted by Gasteiger charge is 2.34. The second-order valence-electron chi connectivity index (χ2n) is 5.74. The van der Waals surface area contributed by atoms with Crippen molar-refractivity contribution in [3.8, 4) is 0 Å². The second kappa shape index (κ2) is 6.99. The average Bonchev–Trinajstić information content (AvgIpc) is 3.08. The Balaban J connectivity index is 2.62. The first-order valence-corrected chi connectivity index (χ1v) is 8.08. The van der Waals surface area contributed by atoms with Crippen LogP contribution in [0.15, 0.2) is 0 Å². The van der Waals surface area contributed by atoms with Crippen LogP contribution in [0.5, 0.6) is 0 Å². The summed E-state index contributed by atoms with van der Waals surface area (Å²) in [5.74, 6) is -2.70. The van der Waals surface area contributed by atoms with Crippen LogP contribution in [0.1, 0.15) is 57.5 Å². The van der Waals surface area contributed by atoms with Crippen molar-refractivity contribution in [3.63, 3.8) is 0 Å². The van der Waals surface area contributed by atoms with E-state index in [-0.39, 0.29) is 27.1 Å². The van der Waals surface area contributed by atoms with Crippen LogP contribution in [-0.2, 0) is 4.79 Å². The molecule has 1 aliphatic rings. The molecule has 0 bridgehead atoms. The molecule has 0 unspecified atom stereocenters. The van der Waals surface area contributed by atoms with Gasteiger partial charge in [0.25, 0.3) is 5.91 Å². The lowest BCUT2D eigenvalue weighted by Gasteiger charge is -2.17. The Hall–Kier alpha value is -1.43. The monoisotopic (exact) mass is 357 g/mol. The van der Waals surface area contributed by atoms with Gasteiger partial charge in [0.05, 0.1) is 21.2 Å². The summed E-state index contributed by atoms with van der Waals surface area (Å²) >= 11 is 12.4. The molecule has 1 aliphatic carbocycles. The summed E-state index contributed by atoms with van der Waals surface area (Å²) in [4.78, 5) is 37.0. The largest absolute Gasteiger partial charge is 0.290 e. The SMILES string of the molecule is Cc1c(C)c(Cl)c(C(=O)C(=O)C2CCCC2)c(C(=O)NO)c1Cl. The number of halogens is 2. The highest BCUT2D eigenvalue weighted by molar-refractivity contribution is 6.51. The molecular weight excluding hydrogens is 341 g/mol. The molecule has 0 aromatic heterocycles. The average molecular weight is 358 g/mol. The molecule has 1 aromatic rings. The molecule has 0 heterocycles. The molecule has 1 aromatic carbocycles. The Morgan fingerprint density at radius 2 is 1.48 bits per heavy atom. The Morgan fingerprint density at radius 3 is 1.96 bits per heavy atom. The van der Waals surface area contributed by atoms with E-state index in [4.69, 9.17) is 28.4 Å². The number of hydroxylamine groups is 1. The molecule has 1 amide bonds. The van der Waals surface area contributed by atoms with Gasteiger partial charge in [-0.25, -0.2) is 5.48 Å². The van der Waals surface area contributed by atoms with Gasteiger partial charge in [-0.1, -0.05) is 36.0 Å². The molecule has 1 saturated carbocycles. The van der Waals surface area contributed by atoms with Gasteiger partial charge in [0.2, 0.25) is 11.6 Å². The zero-order valence-corrected chi connectivity index (χ0v) is 14.3. The summed E-state index contributed by atoms with van der Waals surface area (Å²) in [6.07, 6.45) is 3.11. The summed E-state index contributed by atoms with van der Waals surface area (Å²) in [6, 6.07) is 0. The van der Waals surface area contributed by atoms with Crippen LogP contribution in [0.4, 0.5) is 0 Å².